The number of rotatable bonds is 6. The summed E-state index contributed by atoms with van der Waals surface area (Å²) in [5.74, 6) is 0. The second-order valence-corrected chi connectivity index (χ2v) is 8.53. The Hall–Kier alpha value is -1.15. The molecule has 1 aliphatic heterocycles. The molecule has 7 heteroatoms. The molecule has 0 unspecified atom stereocenters. The van der Waals surface area contributed by atoms with Crippen LogP contribution >= 0.6 is 11.3 Å². The lowest BCUT2D eigenvalue weighted by atomic mass is 10.2. The van der Waals surface area contributed by atoms with Crippen LogP contribution in [0.2, 0.25) is 0 Å². The fourth-order valence-electron chi connectivity index (χ4n) is 2.97. The van der Waals surface area contributed by atoms with Gasteiger partial charge in [-0.1, -0.05) is 6.07 Å². The van der Waals surface area contributed by atoms with E-state index in [4.69, 9.17) is 0 Å². The third kappa shape index (κ3) is 3.27. The number of likely N-dealkylation sites (tertiary alicyclic amines) is 1. The Kier molecular flexibility index (Phi) is 4.67. The molecule has 0 radical (unpaired) electrons. The SMILES string of the molecule is Cn1cccc1[C@H](CNS(=O)(=O)c1cccs1)N1CCCC1. The predicted octanol–water partition coefficient (Wildman–Crippen LogP) is 2.20. The van der Waals surface area contributed by atoms with Gasteiger partial charge >= 0.3 is 0 Å². The molecular weight excluding hydrogens is 318 g/mol. The van der Waals surface area contributed by atoms with Gasteiger partial charge < -0.3 is 4.57 Å². The first-order valence-electron chi connectivity index (χ1n) is 7.46. The molecule has 3 heterocycles. The summed E-state index contributed by atoms with van der Waals surface area (Å²) in [7, 11) is -1.41. The summed E-state index contributed by atoms with van der Waals surface area (Å²) in [6, 6.07) is 7.56. The zero-order chi connectivity index (χ0) is 15.6. The molecule has 0 bridgehead atoms. The summed E-state index contributed by atoms with van der Waals surface area (Å²) < 4.78 is 29.9. The van der Waals surface area contributed by atoms with Gasteiger partial charge in [0.15, 0.2) is 0 Å². The lowest BCUT2D eigenvalue weighted by molar-refractivity contribution is 0.238. The average molecular weight is 339 g/mol. The van der Waals surface area contributed by atoms with Gasteiger partial charge in [-0.15, -0.1) is 11.3 Å². The van der Waals surface area contributed by atoms with E-state index in [1.54, 1.807) is 17.5 Å². The number of nitrogens with zero attached hydrogens (tertiary/aromatic N) is 2. The molecule has 3 rings (SSSR count). The van der Waals surface area contributed by atoms with E-state index >= 15 is 0 Å². The first-order valence-corrected chi connectivity index (χ1v) is 9.83. The molecule has 0 aromatic carbocycles. The molecule has 2 aromatic rings. The minimum atomic E-state index is -3.41. The molecule has 5 nitrogen and oxygen atoms in total. The van der Waals surface area contributed by atoms with Crippen LogP contribution in [0.15, 0.2) is 40.1 Å². The van der Waals surface area contributed by atoms with Crippen LogP contribution in [-0.2, 0) is 17.1 Å². The molecular formula is C15H21N3O2S2. The first-order chi connectivity index (χ1) is 10.6. The number of hydrogen-bond donors (Lipinski definition) is 1. The normalized spacial score (nSPS) is 17.9. The van der Waals surface area contributed by atoms with Gasteiger partial charge in [0.2, 0.25) is 10.0 Å². The fraction of sp³-hybridized carbons (Fsp3) is 0.467. The van der Waals surface area contributed by atoms with Crippen molar-refractivity contribution < 1.29 is 8.42 Å². The minimum Gasteiger partial charge on any atom is -0.353 e. The van der Waals surface area contributed by atoms with E-state index in [1.165, 1.54) is 24.2 Å². The van der Waals surface area contributed by atoms with Crippen LogP contribution in [-0.4, -0.2) is 37.5 Å². The van der Waals surface area contributed by atoms with Gasteiger partial charge in [0.25, 0.3) is 0 Å². The number of sulfonamides is 1. The summed E-state index contributed by atoms with van der Waals surface area (Å²) in [6.07, 6.45) is 4.36. The molecule has 22 heavy (non-hydrogen) atoms. The summed E-state index contributed by atoms with van der Waals surface area (Å²) >= 11 is 1.25. The van der Waals surface area contributed by atoms with Crippen LogP contribution in [0.4, 0.5) is 0 Å². The van der Waals surface area contributed by atoms with E-state index in [1.807, 2.05) is 19.3 Å². The summed E-state index contributed by atoms with van der Waals surface area (Å²) in [6.45, 7) is 2.45. The number of thiophene rings is 1. The molecule has 1 aliphatic rings. The van der Waals surface area contributed by atoms with E-state index in [0.29, 0.717) is 10.8 Å². The average Bonchev–Trinajstić information content (AvgIpc) is 3.21. The third-order valence-corrected chi connectivity index (χ3v) is 6.95. The monoisotopic (exact) mass is 339 g/mol. The highest BCUT2D eigenvalue weighted by atomic mass is 32.2. The Morgan fingerprint density at radius 2 is 2.05 bits per heavy atom. The summed E-state index contributed by atoms with van der Waals surface area (Å²) in [4.78, 5) is 2.37. The molecule has 1 fully saturated rings. The maximum atomic E-state index is 12.3. The van der Waals surface area contributed by atoms with E-state index < -0.39 is 10.0 Å². The van der Waals surface area contributed by atoms with Crippen LogP contribution in [0.1, 0.15) is 24.6 Å². The lowest BCUT2D eigenvalue weighted by Gasteiger charge is -2.28. The van der Waals surface area contributed by atoms with Gasteiger partial charge in [-0.25, -0.2) is 13.1 Å². The molecule has 2 aromatic heterocycles. The van der Waals surface area contributed by atoms with Crippen molar-refractivity contribution in [3.8, 4) is 0 Å². The second-order valence-electron chi connectivity index (χ2n) is 5.59. The van der Waals surface area contributed by atoms with Crippen LogP contribution in [0, 0.1) is 0 Å². The van der Waals surface area contributed by atoms with Gasteiger partial charge in [0.05, 0.1) is 6.04 Å². The highest BCUT2D eigenvalue weighted by Crippen LogP contribution is 2.25. The predicted molar refractivity (Wildman–Crippen MR) is 88.5 cm³/mol. The smallest absolute Gasteiger partial charge is 0.250 e. The Balaban J connectivity index is 1.78. The molecule has 0 amide bonds. The first kappa shape index (κ1) is 15.7. The molecule has 0 spiro atoms. The largest absolute Gasteiger partial charge is 0.353 e. The third-order valence-electron chi connectivity index (χ3n) is 4.13. The van der Waals surface area contributed by atoms with Crippen molar-refractivity contribution in [1.29, 1.82) is 0 Å². The second kappa shape index (κ2) is 6.54. The summed E-state index contributed by atoms with van der Waals surface area (Å²) in [5, 5.41) is 1.78. The molecule has 1 saturated heterocycles. The fourth-order valence-corrected chi connectivity index (χ4v) is 5.05. The number of aromatic nitrogens is 1. The Labute approximate surface area is 135 Å². The van der Waals surface area contributed by atoms with Crippen molar-refractivity contribution in [2.24, 2.45) is 7.05 Å². The Morgan fingerprint density at radius 1 is 1.27 bits per heavy atom. The van der Waals surface area contributed by atoms with E-state index in [0.717, 1.165) is 18.8 Å². The highest BCUT2D eigenvalue weighted by Gasteiger charge is 2.27. The van der Waals surface area contributed by atoms with Crippen LogP contribution < -0.4 is 4.72 Å². The molecule has 0 saturated carbocycles. The standard InChI is InChI=1S/C15H21N3O2S2/c1-17-8-4-6-13(17)14(18-9-2-3-10-18)12-16-22(19,20)15-7-5-11-21-15/h4-8,11,14,16H,2-3,9-10,12H2,1H3/t14-/m0/s1. The van der Waals surface area contributed by atoms with E-state index in [9.17, 15) is 8.42 Å². The minimum absolute atomic E-state index is 0.0808. The highest BCUT2D eigenvalue weighted by molar-refractivity contribution is 7.91. The van der Waals surface area contributed by atoms with E-state index in [2.05, 4.69) is 20.3 Å². The molecule has 0 aliphatic carbocycles. The van der Waals surface area contributed by atoms with Crippen molar-refractivity contribution in [3.63, 3.8) is 0 Å². The van der Waals surface area contributed by atoms with Crippen molar-refractivity contribution in [2.75, 3.05) is 19.6 Å². The van der Waals surface area contributed by atoms with Gasteiger partial charge in [-0.05, 0) is 49.5 Å². The lowest BCUT2D eigenvalue weighted by Crippen LogP contribution is -2.37. The van der Waals surface area contributed by atoms with Gasteiger partial charge in [0, 0.05) is 25.5 Å². The van der Waals surface area contributed by atoms with Crippen molar-refractivity contribution in [3.05, 3.63) is 41.5 Å². The number of nitrogens with one attached hydrogen (secondary N) is 1. The number of aryl methyl sites for hydroxylation is 1. The van der Waals surface area contributed by atoms with E-state index in [-0.39, 0.29) is 6.04 Å². The molecule has 1 atom stereocenters. The van der Waals surface area contributed by atoms with Gasteiger partial charge in [-0.3, -0.25) is 4.90 Å². The van der Waals surface area contributed by atoms with Crippen molar-refractivity contribution >= 4 is 21.4 Å². The maximum Gasteiger partial charge on any atom is 0.250 e. The van der Waals surface area contributed by atoms with Crippen molar-refractivity contribution in [1.82, 2.24) is 14.2 Å². The maximum absolute atomic E-state index is 12.3. The van der Waals surface area contributed by atoms with Crippen LogP contribution in [0.5, 0.6) is 0 Å². The topological polar surface area (TPSA) is 54.3 Å². The zero-order valence-electron chi connectivity index (χ0n) is 12.6. The summed E-state index contributed by atoms with van der Waals surface area (Å²) in [5.41, 5.74) is 1.15. The van der Waals surface area contributed by atoms with Gasteiger partial charge in [0.1, 0.15) is 4.21 Å². The zero-order valence-corrected chi connectivity index (χ0v) is 14.2. The van der Waals surface area contributed by atoms with Crippen LogP contribution in [0.3, 0.4) is 0 Å². The van der Waals surface area contributed by atoms with Crippen molar-refractivity contribution in [2.45, 2.75) is 23.1 Å². The van der Waals surface area contributed by atoms with Gasteiger partial charge in [-0.2, -0.15) is 0 Å². The van der Waals surface area contributed by atoms with Crippen LogP contribution in [0.25, 0.3) is 0 Å². The number of hydrogen-bond acceptors (Lipinski definition) is 4. The molecule has 120 valence electrons. The Morgan fingerprint density at radius 3 is 2.64 bits per heavy atom. The molecule has 1 N–H and O–H groups in total. The quantitative estimate of drug-likeness (QED) is 0.878. The Bertz CT molecular complexity index is 701.